The molecule has 3 rings (SSSR count). The van der Waals surface area contributed by atoms with E-state index in [1.807, 2.05) is 0 Å². The number of hydrogen-bond acceptors (Lipinski definition) is 4. The number of halogens is 2. The molecule has 2 aromatic carbocycles. The molecule has 0 aromatic heterocycles. The van der Waals surface area contributed by atoms with Crippen LogP contribution in [-0.4, -0.2) is 36.8 Å². The lowest BCUT2D eigenvalue weighted by Gasteiger charge is -2.30. The average molecular weight is 413 g/mol. The van der Waals surface area contributed by atoms with Crippen LogP contribution < -0.4 is 5.32 Å². The van der Waals surface area contributed by atoms with Gasteiger partial charge in [-0.3, -0.25) is 9.59 Å². The van der Waals surface area contributed by atoms with Crippen molar-refractivity contribution < 1.29 is 18.0 Å². The topological polar surface area (TPSA) is 83.6 Å². The largest absolute Gasteiger partial charge is 0.348 e. The molecule has 6 nitrogen and oxygen atoms in total. The Morgan fingerprint density at radius 3 is 2.23 bits per heavy atom. The van der Waals surface area contributed by atoms with Gasteiger partial charge in [-0.05, 0) is 42.0 Å². The summed E-state index contributed by atoms with van der Waals surface area (Å²) in [6, 6.07) is 10.8. The van der Waals surface area contributed by atoms with Crippen molar-refractivity contribution >= 4 is 45.0 Å². The normalized spacial score (nSPS) is 15.2. The van der Waals surface area contributed by atoms with Crippen LogP contribution in [0.1, 0.15) is 26.3 Å². The van der Waals surface area contributed by atoms with Gasteiger partial charge in [0.25, 0.3) is 11.8 Å². The van der Waals surface area contributed by atoms with Crippen molar-refractivity contribution in [1.82, 2.24) is 9.62 Å². The molecule has 1 fully saturated rings. The van der Waals surface area contributed by atoms with Crippen LogP contribution in [0, 0.1) is 0 Å². The first-order chi connectivity index (χ1) is 12.3. The molecule has 1 saturated heterocycles. The molecule has 2 amide bonds. The van der Waals surface area contributed by atoms with Gasteiger partial charge in [0.15, 0.2) is 0 Å². The summed E-state index contributed by atoms with van der Waals surface area (Å²) in [5.41, 5.74) is 1.28. The van der Waals surface area contributed by atoms with Crippen molar-refractivity contribution in [1.29, 1.82) is 0 Å². The summed E-state index contributed by atoms with van der Waals surface area (Å²) < 4.78 is 23.8. The minimum absolute atomic E-state index is 0.0213. The van der Waals surface area contributed by atoms with E-state index in [0.717, 1.165) is 9.87 Å². The standard InChI is InChI=1S/C17H14Cl2N2O4S/c18-14-6-5-13(15(19)9-14)10-20-16(22)11-1-3-12(4-2-11)17(23)21-7-8-26(21,24)25/h1-6,9H,7-8,10H2,(H,20,22). The third-order valence-electron chi connectivity index (χ3n) is 3.96. The molecule has 0 bridgehead atoms. The van der Waals surface area contributed by atoms with Gasteiger partial charge < -0.3 is 5.32 Å². The number of carbonyl (C=O) groups is 2. The van der Waals surface area contributed by atoms with Gasteiger partial charge in [-0.15, -0.1) is 0 Å². The molecule has 136 valence electrons. The van der Waals surface area contributed by atoms with E-state index in [1.54, 1.807) is 18.2 Å². The molecule has 9 heteroatoms. The lowest BCUT2D eigenvalue weighted by Crippen LogP contribution is -2.50. The minimum Gasteiger partial charge on any atom is -0.348 e. The number of nitrogens with zero attached hydrogens (tertiary/aromatic N) is 1. The molecular weight excluding hydrogens is 399 g/mol. The predicted octanol–water partition coefficient (Wildman–Crippen LogP) is 2.71. The number of benzene rings is 2. The highest BCUT2D eigenvalue weighted by molar-refractivity contribution is 7.90. The molecule has 1 heterocycles. The van der Waals surface area contributed by atoms with Crippen LogP contribution in [0.15, 0.2) is 42.5 Å². The summed E-state index contributed by atoms with van der Waals surface area (Å²) in [5.74, 6) is -0.949. The molecule has 0 aliphatic carbocycles. The number of nitrogens with one attached hydrogen (secondary N) is 1. The number of rotatable bonds is 4. The molecule has 0 radical (unpaired) electrons. The number of carbonyl (C=O) groups excluding carboxylic acids is 2. The summed E-state index contributed by atoms with van der Waals surface area (Å²) in [4.78, 5) is 24.3. The molecule has 26 heavy (non-hydrogen) atoms. The Hall–Kier alpha value is -2.09. The van der Waals surface area contributed by atoms with Gasteiger partial charge in [-0.25, -0.2) is 12.7 Å². The number of sulfonamides is 1. The quantitative estimate of drug-likeness (QED) is 0.836. The predicted molar refractivity (Wildman–Crippen MR) is 98.9 cm³/mol. The summed E-state index contributed by atoms with van der Waals surface area (Å²) in [6.45, 7) is 0.410. The van der Waals surface area contributed by atoms with Crippen LogP contribution in [0.5, 0.6) is 0 Å². The third-order valence-corrected chi connectivity index (χ3v) is 6.27. The highest BCUT2D eigenvalue weighted by Crippen LogP contribution is 2.21. The average Bonchev–Trinajstić information content (AvgIpc) is 2.60. The van der Waals surface area contributed by atoms with E-state index in [-0.39, 0.29) is 30.3 Å². The maximum absolute atomic E-state index is 12.2. The van der Waals surface area contributed by atoms with Crippen LogP contribution in [-0.2, 0) is 16.6 Å². The van der Waals surface area contributed by atoms with Gasteiger partial charge in [-0.1, -0.05) is 29.3 Å². The summed E-state index contributed by atoms with van der Waals surface area (Å²) >= 11 is 11.9. The van der Waals surface area contributed by atoms with Crippen LogP contribution in [0.25, 0.3) is 0 Å². The van der Waals surface area contributed by atoms with Crippen LogP contribution in [0.3, 0.4) is 0 Å². The molecule has 0 spiro atoms. The molecule has 0 unspecified atom stereocenters. The van der Waals surface area contributed by atoms with E-state index in [1.165, 1.54) is 24.3 Å². The van der Waals surface area contributed by atoms with Gasteiger partial charge >= 0.3 is 0 Å². The minimum atomic E-state index is -3.46. The van der Waals surface area contributed by atoms with E-state index in [9.17, 15) is 18.0 Å². The molecule has 2 aromatic rings. The van der Waals surface area contributed by atoms with Crippen molar-refractivity contribution in [2.75, 3.05) is 12.3 Å². The molecule has 1 N–H and O–H groups in total. The molecule has 0 saturated carbocycles. The summed E-state index contributed by atoms with van der Waals surface area (Å²) in [5, 5.41) is 3.69. The van der Waals surface area contributed by atoms with Crippen LogP contribution >= 0.6 is 23.2 Å². The Bertz CT molecular complexity index is 975. The van der Waals surface area contributed by atoms with Gasteiger partial charge in [-0.2, -0.15) is 0 Å². The van der Waals surface area contributed by atoms with Crippen molar-refractivity contribution in [2.24, 2.45) is 0 Å². The van der Waals surface area contributed by atoms with Crippen molar-refractivity contribution in [3.8, 4) is 0 Å². The first-order valence-electron chi connectivity index (χ1n) is 7.65. The Balaban J connectivity index is 1.64. The maximum Gasteiger partial charge on any atom is 0.267 e. The van der Waals surface area contributed by atoms with E-state index in [4.69, 9.17) is 23.2 Å². The lowest BCUT2D eigenvalue weighted by atomic mass is 10.1. The zero-order chi connectivity index (χ0) is 18.9. The van der Waals surface area contributed by atoms with E-state index in [2.05, 4.69) is 5.32 Å². The monoisotopic (exact) mass is 412 g/mol. The van der Waals surface area contributed by atoms with Gasteiger partial charge in [0.1, 0.15) is 0 Å². The fourth-order valence-electron chi connectivity index (χ4n) is 2.41. The first-order valence-corrected chi connectivity index (χ1v) is 10.0. The fourth-order valence-corrected chi connectivity index (χ4v) is 3.91. The zero-order valence-electron chi connectivity index (χ0n) is 13.4. The zero-order valence-corrected chi connectivity index (χ0v) is 15.7. The Labute approximate surface area is 160 Å². The maximum atomic E-state index is 12.2. The van der Waals surface area contributed by atoms with Crippen LogP contribution in [0.4, 0.5) is 0 Å². The number of amides is 2. The van der Waals surface area contributed by atoms with E-state index >= 15 is 0 Å². The third kappa shape index (κ3) is 3.85. The first kappa shape index (κ1) is 18.7. The van der Waals surface area contributed by atoms with Gasteiger partial charge in [0.2, 0.25) is 10.0 Å². The second-order valence-corrected chi connectivity index (χ2v) is 8.55. The van der Waals surface area contributed by atoms with Crippen molar-refractivity contribution in [3.05, 3.63) is 69.2 Å². The summed E-state index contributed by atoms with van der Waals surface area (Å²) in [7, 11) is -3.46. The highest BCUT2D eigenvalue weighted by atomic mass is 35.5. The Kier molecular flexibility index (Phi) is 5.22. The SMILES string of the molecule is O=C(NCc1ccc(Cl)cc1Cl)c1ccc(C(=O)N2CCS2(=O)=O)cc1. The smallest absolute Gasteiger partial charge is 0.267 e. The highest BCUT2D eigenvalue weighted by Gasteiger charge is 2.37. The fraction of sp³-hybridized carbons (Fsp3) is 0.176. The number of hydrogen-bond donors (Lipinski definition) is 1. The summed E-state index contributed by atoms with van der Waals surface area (Å²) in [6.07, 6.45) is 0. The van der Waals surface area contributed by atoms with Gasteiger partial charge in [0.05, 0.1) is 12.3 Å². The molecule has 1 aliphatic heterocycles. The molecule has 1 aliphatic rings. The van der Waals surface area contributed by atoms with Gasteiger partial charge in [0, 0.05) is 27.7 Å². The van der Waals surface area contributed by atoms with Crippen molar-refractivity contribution in [2.45, 2.75) is 6.54 Å². The Morgan fingerprint density at radius 2 is 1.69 bits per heavy atom. The molecular formula is C17H14Cl2N2O4S. The lowest BCUT2D eigenvalue weighted by molar-refractivity contribution is 0.0849. The van der Waals surface area contributed by atoms with E-state index < -0.39 is 15.9 Å². The second kappa shape index (κ2) is 7.26. The van der Waals surface area contributed by atoms with Crippen molar-refractivity contribution in [3.63, 3.8) is 0 Å². The van der Waals surface area contributed by atoms with Crippen LogP contribution in [0.2, 0.25) is 10.0 Å². The van der Waals surface area contributed by atoms with E-state index in [0.29, 0.717) is 15.6 Å². The Morgan fingerprint density at radius 1 is 1.04 bits per heavy atom. The second-order valence-electron chi connectivity index (χ2n) is 5.69. The molecule has 0 atom stereocenters.